The number of aromatic amines is 1. The first-order valence-electron chi connectivity index (χ1n) is 7.35. The normalized spacial score (nSPS) is 21.7. The van der Waals surface area contributed by atoms with Gasteiger partial charge in [-0.1, -0.05) is 0 Å². The van der Waals surface area contributed by atoms with Crippen molar-refractivity contribution in [1.82, 2.24) is 4.98 Å². The van der Waals surface area contributed by atoms with Crippen LogP contribution in [0.3, 0.4) is 0 Å². The number of hydrogen-bond acceptors (Lipinski definition) is 2. The molecule has 23 heavy (non-hydrogen) atoms. The van der Waals surface area contributed by atoms with Gasteiger partial charge in [0.15, 0.2) is 0 Å². The van der Waals surface area contributed by atoms with E-state index >= 15 is 0 Å². The van der Waals surface area contributed by atoms with Gasteiger partial charge in [-0.15, -0.1) is 0 Å². The van der Waals surface area contributed by atoms with Crippen LogP contribution in [0.15, 0.2) is 48.5 Å². The van der Waals surface area contributed by atoms with Gasteiger partial charge in [-0.05, 0) is 49.8 Å². The molecule has 0 saturated carbocycles. The zero-order valence-electron chi connectivity index (χ0n) is 12.7. The molecule has 1 aromatic carbocycles. The summed E-state index contributed by atoms with van der Waals surface area (Å²) in [7, 11) is 0. The van der Waals surface area contributed by atoms with Crippen LogP contribution in [0.5, 0.6) is 0 Å². The molecule has 1 amide bonds. The fourth-order valence-electron chi connectivity index (χ4n) is 3.10. The minimum Gasteiger partial charge on any atom is -0.482 e. The number of carbonyl (C=O) groups is 1. The Balaban J connectivity index is 1.88. The molecule has 2 N–H and O–H groups in total. The first-order valence-corrected chi connectivity index (χ1v) is 7.35. The maximum atomic E-state index is 13.4. The van der Waals surface area contributed by atoms with E-state index in [4.69, 9.17) is 4.74 Å². The second-order valence-electron chi connectivity index (χ2n) is 6.15. The highest BCUT2D eigenvalue weighted by Crippen LogP contribution is 2.44. The predicted molar refractivity (Wildman–Crippen MR) is 85.9 cm³/mol. The monoisotopic (exact) mass is 310 g/mol. The number of rotatable bonds is 1. The van der Waals surface area contributed by atoms with E-state index in [1.807, 2.05) is 38.4 Å². The summed E-state index contributed by atoms with van der Waals surface area (Å²) in [4.78, 5) is 15.4. The van der Waals surface area contributed by atoms with E-state index < -0.39 is 5.60 Å². The van der Waals surface area contributed by atoms with Crippen molar-refractivity contribution in [2.75, 3.05) is 5.32 Å². The van der Waals surface area contributed by atoms with Gasteiger partial charge in [0.1, 0.15) is 17.2 Å². The summed E-state index contributed by atoms with van der Waals surface area (Å²) < 4.78 is 19.4. The van der Waals surface area contributed by atoms with E-state index in [0.29, 0.717) is 22.6 Å². The summed E-state index contributed by atoms with van der Waals surface area (Å²) in [6.45, 7) is 3.91. The number of amides is 1. The summed E-state index contributed by atoms with van der Waals surface area (Å²) in [5, 5.41) is 2.69. The lowest BCUT2D eigenvalue weighted by atomic mass is 9.94. The molecule has 2 aliphatic heterocycles. The van der Waals surface area contributed by atoms with E-state index in [0.717, 1.165) is 11.1 Å². The van der Waals surface area contributed by atoms with Gasteiger partial charge in [0, 0.05) is 23.5 Å². The Morgan fingerprint density at radius 1 is 1.22 bits per heavy atom. The number of hydrogen-bond donors (Lipinski definition) is 2. The minimum atomic E-state index is -0.548. The molecule has 0 bridgehead atoms. The highest BCUT2D eigenvalue weighted by Gasteiger charge is 2.38. The van der Waals surface area contributed by atoms with Crippen LogP contribution in [0.25, 0.3) is 11.1 Å². The lowest BCUT2D eigenvalue weighted by molar-refractivity contribution is -0.111. The Labute approximate surface area is 132 Å². The van der Waals surface area contributed by atoms with Crippen LogP contribution >= 0.6 is 0 Å². The molecule has 0 unspecified atom stereocenters. The third-order valence-electron chi connectivity index (χ3n) is 4.17. The van der Waals surface area contributed by atoms with Crippen LogP contribution in [-0.4, -0.2) is 16.5 Å². The summed E-state index contributed by atoms with van der Waals surface area (Å²) in [6.07, 6.45) is 5.62. The molecule has 5 heteroatoms. The van der Waals surface area contributed by atoms with Gasteiger partial charge in [0.2, 0.25) is 0 Å². The number of fused-ring (bicyclic) bond motifs is 1. The fourth-order valence-corrected chi connectivity index (χ4v) is 3.10. The third-order valence-corrected chi connectivity index (χ3v) is 4.17. The van der Waals surface area contributed by atoms with Crippen molar-refractivity contribution in [2.45, 2.75) is 19.4 Å². The molecule has 2 aromatic rings. The number of allylic oxidation sites excluding steroid dienone is 1. The number of carbonyl (C=O) groups excluding carboxylic acids is 1. The molecule has 4 nitrogen and oxygen atoms in total. The predicted octanol–water partition coefficient (Wildman–Crippen LogP) is 3.71. The van der Waals surface area contributed by atoms with Crippen molar-refractivity contribution in [3.63, 3.8) is 0 Å². The smallest absolute Gasteiger partial charge is 0.260 e. The molecule has 0 aliphatic carbocycles. The Bertz CT molecular complexity index is 876. The molecule has 1 aromatic heterocycles. The number of ether oxygens (including phenoxy) is 1. The molecular weight excluding hydrogens is 295 g/mol. The van der Waals surface area contributed by atoms with E-state index in [9.17, 15) is 9.18 Å². The highest BCUT2D eigenvalue weighted by atomic mass is 19.1. The van der Waals surface area contributed by atoms with E-state index in [-0.39, 0.29) is 11.7 Å². The van der Waals surface area contributed by atoms with E-state index in [1.54, 1.807) is 6.07 Å². The Hall–Kier alpha value is -2.82. The standard InChI is InChI=1S/C18H15FN2O2/c1-18(2)13(10-5-6-20-9-10)8-15(23-18)16-12-4-3-11(19)7-14(12)21-17(16)22/h3-9,20H,1-2H3,(H,21,22). The van der Waals surface area contributed by atoms with Crippen molar-refractivity contribution in [3.8, 4) is 0 Å². The molecule has 0 saturated heterocycles. The molecule has 116 valence electrons. The molecule has 4 rings (SSSR count). The third kappa shape index (κ3) is 2.08. The lowest BCUT2D eigenvalue weighted by Gasteiger charge is -2.22. The highest BCUT2D eigenvalue weighted by molar-refractivity contribution is 6.32. The summed E-state index contributed by atoms with van der Waals surface area (Å²) >= 11 is 0. The zero-order valence-corrected chi connectivity index (χ0v) is 12.7. The maximum Gasteiger partial charge on any atom is 0.260 e. The van der Waals surface area contributed by atoms with Crippen LogP contribution < -0.4 is 5.32 Å². The molecule has 3 heterocycles. The van der Waals surface area contributed by atoms with Crippen molar-refractivity contribution in [1.29, 1.82) is 0 Å². The number of benzene rings is 1. The minimum absolute atomic E-state index is 0.275. The largest absolute Gasteiger partial charge is 0.482 e. The van der Waals surface area contributed by atoms with Crippen molar-refractivity contribution in [2.24, 2.45) is 0 Å². The van der Waals surface area contributed by atoms with Gasteiger partial charge in [-0.25, -0.2) is 4.39 Å². The number of anilines is 1. The van der Waals surface area contributed by atoms with Gasteiger partial charge in [0.05, 0.1) is 11.3 Å². The van der Waals surface area contributed by atoms with Crippen LogP contribution in [0, 0.1) is 5.82 Å². The Morgan fingerprint density at radius 3 is 2.78 bits per heavy atom. The van der Waals surface area contributed by atoms with Crippen LogP contribution in [-0.2, 0) is 9.53 Å². The zero-order chi connectivity index (χ0) is 16.2. The molecule has 0 atom stereocenters. The van der Waals surface area contributed by atoms with Gasteiger partial charge < -0.3 is 15.0 Å². The quantitative estimate of drug-likeness (QED) is 0.789. The van der Waals surface area contributed by atoms with Crippen molar-refractivity contribution in [3.05, 3.63) is 65.4 Å². The van der Waals surface area contributed by atoms with E-state index in [1.165, 1.54) is 12.1 Å². The molecule has 0 spiro atoms. The number of halogens is 1. The molecule has 2 aliphatic rings. The van der Waals surface area contributed by atoms with Crippen LogP contribution in [0.2, 0.25) is 0 Å². The van der Waals surface area contributed by atoms with Gasteiger partial charge in [-0.3, -0.25) is 4.79 Å². The first kappa shape index (κ1) is 13.8. The second-order valence-corrected chi connectivity index (χ2v) is 6.15. The van der Waals surface area contributed by atoms with Crippen LogP contribution in [0.1, 0.15) is 25.0 Å². The van der Waals surface area contributed by atoms with Gasteiger partial charge >= 0.3 is 0 Å². The average Bonchev–Trinajstić information content (AvgIpc) is 3.15. The van der Waals surface area contributed by atoms with Crippen molar-refractivity contribution < 1.29 is 13.9 Å². The summed E-state index contributed by atoms with van der Waals surface area (Å²) in [6, 6.07) is 6.22. The molecular formula is C18H15FN2O2. The van der Waals surface area contributed by atoms with Crippen LogP contribution in [0.4, 0.5) is 10.1 Å². The summed E-state index contributed by atoms with van der Waals surface area (Å²) in [5.41, 5.74) is 3.04. The maximum absolute atomic E-state index is 13.4. The fraction of sp³-hybridized carbons (Fsp3) is 0.167. The number of H-pyrrole nitrogens is 1. The number of nitrogens with one attached hydrogen (secondary N) is 2. The van der Waals surface area contributed by atoms with Gasteiger partial charge in [0.25, 0.3) is 5.91 Å². The SMILES string of the molecule is CC1(C)OC(=C2C(=O)Nc3cc(F)ccc32)C=C1c1cc[nH]c1. The second kappa shape index (κ2) is 4.59. The lowest BCUT2D eigenvalue weighted by Crippen LogP contribution is -2.21. The topological polar surface area (TPSA) is 54.1 Å². The molecule has 0 fully saturated rings. The number of aromatic nitrogens is 1. The summed E-state index contributed by atoms with van der Waals surface area (Å²) in [5.74, 6) is -0.149. The Kier molecular flexibility index (Phi) is 2.75. The first-order chi connectivity index (χ1) is 11.0. The van der Waals surface area contributed by atoms with Gasteiger partial charge in [-0.2, -0.15) is 0 Å². The average molecular weight is 310 g/mol. The van der Waals surface area contributed by atoms with E-state index in [2.05, 4.69) is 10.3 Å². The Morgan fingerprint density at radius 2 is 2.04 bits per heavy atom. The van der Waals surface area contributed by atoms with Crippen molar-refractivity contribution >= 4 is 22.7 Å². The molecule has 0 radical (unpaired) electrons.